The fraction of sp³-hybridized carbons (Fsp3) is 1.00. The van der Waals surface area contributed by atoms with Gasteiger partial charge in [-0.2, -0.15) is 0 Å². The van der Waals surface area contributed by atoms with Gasteiger partial charge in [-0.25, -0.2) is 0 Å². The van der Waals surface area contributed by atoms with Crippen LogP contribution < -0.4 is 0 Å². The van der Waals surface area contributed by atoms with Gasteiger partial charge in [0, 0.05) is 0 Å². The molecule has 0 bridgehead atoms. The summed E-state index contributed by atoms with van der Waals surface area (Å²) in [6.07, 6.45) is 3.43. The molecule has 9 heavy (non-hydrogen) atoms. The fourth-order valence-corrected chi connectivity index (χ4v) is 0.833. The summed E-state index contributed by atoms with van der Waals surface area (Å²) >= 11 is 0. The Hall–Kier alpha value is -0.0800. The van der Waals surface area contributed by atoms with Crippen LogP contribution in [0.25, 0.3) is 0 Å². The average molecular weight is 132 g/mol. The van der Waals surface area contributed by atoms with Crippen molar-refractivity contribution in [1.82, 2.24) is 0 Å². The maximum Gasteiger partial charge on any atom is 0.143 e. The third-order valence-corrected chi connectivity index (χ3v) is 1.38. The van der Waals surface area contributed by atoms with Gasteiger partial charge in [0.1, 0.15) is 6.79 Å². The molecule has 0 amide bonds. The van der Waals surface area contributed by atoms with Crippen LogP contribution in [0.2, 0.25) is 0 Å². The molecule has 0 rings (SSSR count). The van der Waals surface area contributed by atoms with Crippen molar-refractivity contribution in [2.75, 3.05) is 6.79 Å². The largest absolute Gasteiger partial charge is 0.371 e. The summed E-state index contributed by atoms with van der Waals surface area (Å²) in [5.74, 6) is 0. The lowest BCUT2D eigenvalue weighted by atomic mass is 10.2. The van der Waals surface area contributed by atoms with Crippen LogP contribution in [0.3, 0.4) is 0 Å². The van der Waals surface area contributed by atoms with Crippen LogP contribution in [-0.2, 0) is 4.74 Å². The first kappa shape index (κ1) is 8.92. The second kappa shape index (κ2) is 6.05. The minimum Gasteiger partial charge on any atom is -0.371 e. The molecule has 2 heteroatoms. The maximum absolute atomic E-state index is 8.37. The Balaban J connectivity index is 3.18. The molecule has 0 aliphatic rings. The van der Waals surface area contributed by atoms with Crippen molar-refractivity contribution in [2.45, 2.75) is 39.2 Å². The molecule has 0 saturated carbocycles. The Bertz CT molecular complexity index is 48.9. The molecule has 0 aromatic carbocycles. The third-order valence-electron chi connectivity index (χ3n) is 1.38. The number of ether oxygens (including phenoxy) is 1. The van der Waals surface area contributed by atoms with Crippen molar-refractivity contribution in [2.24, 2.45) is 0 Å². The van der Waals surface area contributed by atoms with Gasteiger partial charge in [0.2, 0.25) is 0 Å². The smallest absolute Gasteiger partial charge is 0.143 e. The van der Waals surface area contributed by atoms with Gasteiger partial charge in [-0.05, 0) is 12.8 Å². The van der Waals surface area contributed by atoms with Crippen molar-refractivity contribution >= 4 is 0 Å². The second-order valence-electron chi connectivity index (χ2n) is 2.11. The molecule has 0 saturated heterocycles. The molecule has 2 nitrogen and oxygen atoms in total. The van der Waals surface area contributed by atoms with Gasteiger partial charge in [0.25, 0.3) is 0 Å². The molecule has 1 atom stereocenters. The van der Waals surface area contributed by atoms with Crippen molar-refractivity contribution in [3.8, 4) is 0 Å². The zero-order valence-corrected chi connectivity index (χ0v) is 6.26. The summed E-state index contributed by atoms with van der Waals surface area (Å²) in [5, 5.41) is 8.37. The number of aliphatic hydroxyl groups excluding tert-OH is 1. The zero-order valence-electron chi connectivity index (χ0n) is 6.26. The predicted octanol–water partition coefficient (Wildman–Crippen LogP) is 1.53. The van der Waals surface area contributed by atoms with Crippen LogP contribution in [-0.4, -0.2) is 18.0 Å². The number of rotatable bonds is 5. The first-order chi connectivity index (χ1) is 4.35. The van der Waals surface area contributed by atoms with Gasteiger partial charge in [-0.15, -0.1) is 0 Å². The van der Waals surface area contributed by atoms with E-state index in [1.807, 2.05) is 0 Å². The molecule has 0 aromatic heterocycles. The summed E-state index contributed by atoms with van der Waals surface area (Å²) in [6, 6.07) is 0. The van der Waals surface area contributed by atoms with Gasteiger partial charge >= 0.3 is 0 Å². The van der Waals surface area contributed by atoms with Gasteiger partial charge in [0.05, 0.1) is 6.10 Å². The van der Waals surface area contributed by atoms with Crippen LogP contribution in [0.15, 0.2) is 0 Å². The highest BCUT2D eigenvalue weighted by atomic mass is 16.6. The molecular weight excluding hydrogens is 116 g/mol. The minimum atomic E-state index is -0.140. The number of hydrogen-bond donors (Lipinski definition) is 1. The molecular formula is C7H16O2. The summed E-state index contributed by atoms with van der Waals surface area (Å²) in [6.45, 7) is 4.04. The van der Waals surface area contributed by atoms with E-state index in [1.54, 1.807) is 0 Å². The van der Waals surface area contributed by atoms with E-state index < -0.39 is 0 Å². The Morgan fingerprint density at radius 3 is 2.44 bits per heavy atom. The summed E-state index contributed by atoms with van der Waals surface area (Å²) in [4.78, 5) is 0. The summed E-state index contributed by atoms with van der Waals surface area (Å²) < 4.78 is 4.99. The van der Waals surface area contributed by atoms with Gasteiger partial charge in [0.15, 0.2) is 0 Å². The van der Waals surface area contributed by atoms with Crippen molar-refractivity contribution < 1.29 is 9.84 Å². The van der Waals surface area contributed by atoms with E-state index >= 15 is 0 Å². The lowest BCUT2D eigenvalue weighted by Gasteiger charge is -2.11. The molecule has 56 valence electrons. The quantitative estimate of drug-likeness (QED) is 0.575. The molecule has 0 aliphatic heterocycles. The third kappa shape index (κ3) is 4.43. The summed E-state index contributed by atoms with van der Waals surface area (Å²) in [7, 11) is 0. The highest BCUT2D eigenvalue weighted by molar-refractivity contribution is 4.51. The van der Waals surface area contributed by atoms with E-state index in [1.165, 1.54) is 0 Å². The molecule has 1 N–H and O–H groups in total. The molecule has 0 radical (unpaired) electrons. The average Bonchev–Trinajstić information content (AvgIpc) is 1.88. The monoisotopic (exact) mass is 132 g/mol. The predicted molar refractivity (Wildman–Crippen MR) is 37.2 cm³/mol. The van der Waals surface area contributed by atoms with E-state index in [-0.39, 0.29) is 12.9 Å². The van der Waals surface area contributed by atoms with Crippen molar-refractivity contribution in [1.29, 1.82) is 0 Å². The van der Waals surface area contributed by atoms with Crippen molar-refractivity contribution in [3.05, 3.63) is 0 Å². The van der Waals surface area contributed by atoms with E-state index in [0.717, 1.165) is 19.3 Å². The summed E-state index contributed by atoms with van der Waals surface area (Å²) in [5.41, 5.74) is 0. The highest BCUT2D eigenvalue weighted by Gasteiger charge is 2.02. The molecule has 0 spiro atoms. The first-order valence-corrected chi connectivity index (χ1v) is 3.57. The van der Waals surface area contributed by atoms with Crippen LogP contribution >= 0.6 is 0 Å². The molecule has 1 unspecified atom stereocenters. The molecule has 0 heterocycles. The van der Waals surface area contributed by atoms with Crippen LogP contribution in [0.4, 0.5) is 0 Å². The van der Waals surface area contributed by atoms with Crippen LogP contribution in [0, 0.1) is 0 Å². The zero-order chi connectivity index (χ0) is 7.11. The number of hydrogen-bond acceptors (Lipinski definition) is 2. The van der Waals surface area contributed by atoms with E-state index in [2.05, 4.69) is 13.8 Å². The Kier molecular flexibility index (Phi) is 5.99. The van der Waals surface area contributed by atoms with Crippen molar-refractivity contribution in [3.63, 3.8) is 0 Å². The van der Waals surface area contributed by atoms with E-state index in [4.69, 9.17) is 9.84 Å². The topological polar surface area (TPSA) is 29.5 Å². The lowest BCUT2D eigenvalue weighted by Crippen LogP contribution is -2.11. The fourth-order valence-electron chi connectivity index (χ4n) is 0.833. The highest BCUT2D eigenvalue weighted by Crippen LogP contribution is 2.04. The standard InChI is InChI=1S/C7H16O2/c1-3-5-7(4-2)9-6-8/h7-8H,3-6H2,1-2H3. The first-order valence-electron chi connectivity index (χ1n) is 3.57. The number of aliphatic hydroxyl groups is 1. The minimum absolute atomic E-state index is 0.140. The normalized spacial score (nSPS) is 13.7. The Morgan fingerprint density at radius 2 is 2.11 bits per heavy atom. The molecule has 0 aliphatic carbocycles. The Labute approximate surface area is 56.8 Å². The van der Waals surface area contributed by atoms with Crippen LogP contribution in [0.1, 0.15) is 33.1 Å². The Morgan fingerprint density at radius 1 is 1.44 bits per heavy atom. The van der Waals surface area contributed by atoms with Gasteiger partial charge < -0.3 is 9.84 Å². The lowest BCUT2D eigenvalue weighted by molar-refractivity contribution is -0.0540. The second-order valence-corrected chi connectivity index (χ2v) is 2.11. The van der Waals surface area contributed by atoms with Gasteiger partial charge in [-0.1, -0.05) is 20.3 Å². The van der Waals surface area contributed by atoms with Gasteiger partial charge in [-0.3, -0.25) is 0 Å². The van der Waals surface area contributed by atoms with E-state index in [0.29, 0.717) is 0 Å². The van der Waals surface area contributed by atoms with E-state index in [9.17, 15) is 0 Å². The SMILES string of the molecule is CCCC(CC)OCO. The molecule has 0 aromatic rings. The van der Waals surface area contributed by atoms with Crippen LogP contribution in [0.5, 0.6) is 0 Å². The maximum atomic E-state index is 8.37. The molecule has 0 fully saturated rings.